The van der Waals surface area contributed by atoms with Crippen molar-refractivity contribution in [3.8, 4) is 5.88 Å². The van der Waals surface area contributed by atoms with Gasteiger partial charge in [0.2, 0.25) is 11.7 Å². The van der Waals surface area contributed by atoms with Gasteiger partial charge < -0.3 is 4.74 Å². The minimum absolute atomic E-state index is 0.160. The Morgan fingerprint density at radius 1 is 1.18 bits per heavy atom. The lowest BCUT2D eigenvalue weighted by molar-refractivity contribution is 0.0923. The van der Waals surface area contributed by atoms with Crippen LogP contribution in [0.4, 0.5) is 0 Å². The van der Waals surface area contributed by atoms with Gasteiger partial charge in [-0.3, -0.25) is 4.79 Å². The third kappa shape index (κ3) is 3.17. The molecular formula is C14H7Cl3N2O2S. The molecule has 3 rings (SSSR count). The van der Waals surface area contributed by atoms with Crippen LogP contribution < -0.4 is 4.74 Å². The number of ketones is 1. The van der Waals surface area contributed by atoms with E-state index < -0.39 is 0 Å². The summed E-state index contributed by atoms with van der Waals surface area (Å²) in [6.45, 7) is -0.160. The second-order valence-electron chi connectivity index (χ2n) is 4.28. The van der Waals surface area contributed by atoms with Crippen molar-refractivity contribution < 1.29 is 9.53 Å². The Balaban J connectivity index is 1.86. The first-order valence-electron chi connectivity index (χ1n) is 6.05. The molecule has 2 heterocycles. The van der Waals surface area contributed by atoms with Gasteiger partial charge in [-0.15, -0.1) is 11.3 Å². The number of halogens is 3. The molecule has 4 nitrogen and oxygen atoms in total. The Hall–Kier alpha value is -1.40. The first-order valence-corrected chi connectivity index (χ1v) is 8.01. The molecule has 0 atom stereocenters. The molecule has 0 saturated carbocycles. The quantitative estimate of drug-likeness (QED) is 0.610. The number of ether oxygens (including phenoxy) is 1. The first-order chi connectivity index (χ1) is 10.5. The number of fused-ring (bicyclic) bond motifs is 1. The van der Waals surface area contributed by atoms with Gasteiger partial charge in [0.1, 0.15) is 6.33 Å². The van der Waals surface area contributed by atoms with Crippen LogP contribution in [-0.2, 0) is 0 Å². The van der Waals surface area contributed by atoms with Crippen molar-refractivity contribution in [3.63, 3.8) is 0 Å². The number of rotatable bonds is 4. The van der Waals surface area contributed by atoms with Crippen LogP contribution in [-0.4, -0.2) is 22.4 Å². The largest absolute Gasteiger partial charge is 0.469 e. The van der Waals surface area contributed by atoms with Crippen LogP contribution >= 0.6 is 46.1 Å². The van der Waals surface area contributed by atoms with E-state index in [0.29, 0.717) is 30.2 Å². The van der Waals surface area contributed by atoms with E-state index in [1.165, 1.54) is 17.7 Å². The van der Waals surface area contributed by atoms with Gasteiger partial charge in [-0.1, -0.05) is 34.8 Å². The zero-order chi connectivity index (χ0) is 15.7. The van der Waals surface area contributed by atoms with E-state index in [1.807, 2.05) is 0 Å². The molecular weight excluding hydrogens is 367 g/mol. The van der Waals surface area contributed by atoms with Gasteiger partial charge in [-0.25, -0.2) is 9.97 Å². The molecule has 0 bridgehead atoms. The summed E-state index contributed by atoms with van der Waals surface area (Å²) in [6, 6.07) is 6.55. The van der Waals surface area contributed by atoms with Crippen molar-refractivity contribution in [1.82, 2.24) is 9.97 Å². The molecule has 22 heavy (non-hydrogen) atoms. The Morgan fingerprint density at radius 3 is 2.73 bits per heavy atom. The molecule has 0 N–H and O–H groups in total. The van der Waals surface area contributed by atoms with Crippen LogP contribution in [0.3, 0.4) is 0 Å². The smallest absolute Gasteiger partial charge is 0.225 e. The van der Waals surface area contributed by atoms with Gasteiger partial charge in [0.05, 0.1) is 25.1 Å². The molecule has 0 aliphatic rings. The lowest BCUT2D eigenvalue weighted by Crippen LogP contribution is -2.11. The molecule has 1 aromatic carbocycles. The Kier molecular flexibility index (Phi) is 4.49. The predicted octanol–water partition coefficient (Wildman–Crippen LogP) is 4.91. The molecule has 0 aliphatic heterocycles. The summed E-state index contributed by atoms with van der Waals surface area (Å²) in [6.07, 6.45) is 1.32. The number of benzene rings is 1. The minimum Gasteiger partial charge on any atom is -0.469 e. The normalized spacial score (nSPS) is 10.9. The van der Waals surface area contributed by atoms with Crippen LogP contribution in [0.25, 0.3) is 10.9 Å². The summed E-state index contributed by atoms with van der Waals surface area (Å²) >= 11 is 19.1. The molecule has 2 aromatic heterocycles. The number of thiophene rings is 1. The second-order valence-corrected chi connectivity index (χ2v) is 6.84. The van der Waals surface area contributed by atoms with E-state index in [0.717, 1.165) is 0 Å². The lowest BCUT2D eigenvalue weighted by Gasteiger charge is -2.07. The van der Waals surface area contributed by atoms with E-state index in [-0.39, 0.29) is 18.3 Å². The molecule has 0 aliphatic carbocycles. The second kappa shape index (κ2) is 6.38. The van der Waals surface area contributed by atoms with Crippen molar-refractivity contribution in [2.24, 2.45) is 0 Å². The van der Waals surface area contributed by atoms with E-state index in [1.54, 1.807) is 24.3 Å². The maximum Gasteiger partial charge on any atom is 0.225 e. The van der Waals surface area contributed by atoms with Gasteiger partial charge in [0, 0.05) is 5.02 Å². The van der Waals surface area contributed by atoms with Gasteiger partial charge in [0.15, 0.2) is 6.61 Å². The van der Waals surface area contributed by atoms with Crippen LogP contribution in [0.2, 0.25) is 14.4 Å². The number of aromatic nitrogens is 2. The highest BCUT2D eigenvalue weighted by molar-refractivity contribution is 7.18. The van der Waals surface area contributed by atoms with Gasteiger partial charge in [-0.2, -0.15) is 0 Å². The SMILES string of the molecule is O=C(COc1ncnc2c(Cl)cc(Cl)cc12)c1ccc(Cl)s1. The van der Waals surface area contributed by atoms with Gasteiger partial charge in [0.25, 0.3) is 0 Å². The van der Waals surface area contributed by atoms with E-state index in [2.05, 4.69) is 9.97 Å². The molecule has 112 valence electrons. The summed E-state index contributed by atoms with van der Waals surface area (Å²) in [5.74, 6) is 0.0715. The van der Waals surface area contributed by atoms with Gasteiger partial charge >= 0.3 is 0 Å². The Morgan fingerprint density at radius 2 is 2.00 bits per heavy atom. The fourth-order valence-electron chi connectivity index (χ4n) is 1.85. The number of carbonyl (C=O) groups excluding carboxylic acids is 1. The third-order valence-electron chi connectivity index (χ3n) is 2.81. The number of carbonyl (C=O) groups is 1. The van der Waals surface area contributed by atoms with Crippen molar-refractivity contribution >= 4 is 62.8 Å². The van der Waals surface area contributed by atoms with Crippen molar-refractivity contribution in [3.05, 3.63) is 49.9 Å². The molecule has 0 fully saturated rings. The molecule has 0 spiro atoms. The van der Waals surface area contributed by atoms with Crippen molar-refractivity contribution in [2.75, 3.05) is 6.61 Å². The van der Waals surface area contributed by atoms with Crippen LogP contribution in [0, 0.1) is 0 Å². The van der Waals surface area contributed by atoms with Crippen LogP contribution in [0.1, 0.15) is 9.67 Å². The number of hydrogen-bond acceptors (Lipinski definition) is 5. The highest BCUT2D eigenvalue weighted by Crippen LogP contribution is 2.31. The lowest BCUT2D eigenvalue weighted by atomic mass is 10.2. The number of Topliss-reactive ketones (excluding diaryl/α,β-unsaturated/α-hetero) is 1. The standard InChI is InChI=1S/C14H7Cl3N2O2S/c15-7-3-8-13(9(16)4-7)18-6-19-14(8)21-5-10(20)11-1-2-12(17)22-11/h1-4,6H,5H2. The summed E-state index contributed by atoms with van der Waals surface area (Å²) in [4.78, 5) is 20.7. The average Bonchev–Trinajstić information content (AvgIpc) is 2.91. The highest BCUT2D eigenvalue weighted by atomic mass is 35.5. The summed E-state index contributed by atoms with van der Waals surface area (Å²) in [5.41, 5.74) is 0.516. The maximum atomic E-state index is 12.0. The predicted molar refractivity (Wildman–Crippen MR) is 88.7 cm³/mol. The number of nitrogens with zero attached hydrogens (tertiary/aromatic N) is 2. The monoisotopic (exact) mass is 372 g/mol. The van der Waals surface area contributed by atoms with E-state index in [9.17, 15) is 4.79 Å². The first kappa shape index (κ1) is 15.5. The Labute approximate surface area is 144 Å². The molecule has 0 saturated heterocycles. The molecule has 0 radical (unpaired) electrons. The number of hydrogen-bond donors (Lipinski definition) is 0. The summed E-state index contributed by atoms with van der Waals surface area (Å²) in [5, 5.41) is 1.39. The highest BCUT2D eigenvalue weighted by Gasteiger charge is 2.13. The molecule has 0 amide bonds. The topological polar surface area (TPSA) is 52.1 Å². The zero-order valence-corrected chi connectivity index (χ0v) is 13.9. The van der Waals surface area contributed by atoms with Gasteiger partial charge in [-0.05, 0) is 24.3 Å². The van der Waals surface area contributed by atoms with Crippen molar-refractivity contribution in [2.45, 2.75) is 0 Å². The summed E-state index contributed by atoms with van der Waals surface area (Å²) < 4.78 is 6.05. The van der Waals surface area contributed by atoms with Crippen LogP contribution in [0.5, 0.6) is 5.88 Å². The minimum atomic E-state index is -0.184. The zero-order valence-electron chi connectivity index (χ0n) is 10.8. The van der Waals surface area contributed by atoms with E-state index >= 15 is 0 Å². The fourth-order valence-corrected chi connectivity index (χ4v) is 3.36. The van der Waals surface area contributed by atoms with Crippen molar-refractivity contribution in [1.29, 1.82) is 0 Å². The average molecular weight is 374 g/mol. The summed E-state index contributed by atoms with van der Waals surface area (Å²) in [7, 11) is 0. The van der Waals surface area contributed by atoms with E-state index in [4.69, 9.17) is 39.5 Å². The third-order valence-corrected chi connectivity index (χ3v) is 4.59. The molecule has 3 aromatic rings. The fraction of sp³-hybridized carbons (Fsp3) is 0.0714. The maximum absolute atomic E-state index is 12.0. The molecule has 0 unspecified atom stereocenters. The Bertz CT molecular complexity index is 866. The van der Waals surface area contributed by atoms with Crippen LogP contribution in [0.15, 0.2) is 30.6 Å². The molecule has 8 heteroatoms.